The molecule has 3 heterocycles. The molecule has 130 valence electrons. The molecule has 2 unspecified atom stereocenters. The molecule has 0 radical (unpaired) electrons. The Kier molecular flexibility index (Phi) is 5.40. The Morgan fingerprint density at radius 3 is 3.12 bits per heavy atom. The van der Waals surface area contributed by atoms with Gasteiger partial charge in [0.15, 0.2) is 0 Å². The quantitative estimate of drug-likeness (QED) is 0.842. The average molecular weight is 347 g/mol. The Hall–Kier alpha value is -2.02. The number of amides is 2. The lowest BCUT2D eigenvalue weighted by Crippen LogP contribution is -2.44. The zero-order valence-corrected chi connectivity index (χ0v) is 15.1. The molecule has 0 aromatic carbocycles. The van der Waals surface area contributed by atoms with Gasteiger partial charge in [0, 0.05) is 43.8 Å². The molecule has 2 aromatic rings. The van der Waals surface area contributed by atoms with Gasteiger partial charge in [-0.05, 0) is 30.2 Å². The first-order chi connectivity index (χ1) is 11.6. The summed E-state index contributed by atoms with van der Waals surface area (Å²) in [6.07, 6.45) is 5.85. The average Bonchev–Trinajstić information content (AvgIpc) is 3.27. The molecule has 1 aliphatic heterocycles. The SMILES string of the molecule is CC(CNC(=O)NC1CCN(c2cnn(C)c2)C1)Cc1cccs1. The molecule has 24 heavy (non-hydrogen) atoms. The van der Waals surface area contributed by atoms with Crippen LogP contribution in [0.3, 0.4) is 0 Å². The van der Waals surface area contributed by atoms with Crippen molar-refractivity contribution in [3.05, 3.63) is 34.8 Å². The Labute approximate surface area is 146 Å². The summed E-state index contributed by atoms with van der Waals surface area (Å²) in [5.74, 6) is 0.435. The number of aromatic nitrogens is 2. The van der Waals surface area contributed by atoms with E-state index in [0.717, 1.165) is 31.6 Å². The van der Waals surface area contributed by atoms with Crippen LogP contribution >= 0.6 is 11.3 Å². The van der Waals surface area contributed by atoms with Crippen molar-refractivity contribution < 1.29 is 4.79 Å². The molecule has 0 bridgehead atoms. The fourth-order valence-corrected chi connectivity index (χ4v) is 3.90. The molecule has 1 saturated heterocycles. The maximum absolute atomic E-state index is 12.1. The van der Waals surface area contributed by atoms with E-state index in [-0.39, 0.29) is 12.1 Å². The largest absolute Gasteiger partial charge is 0.367 e. The maximum atomic E-state index is 12.1. The van der Waals surface area contributed by atoms with E-state index in [4.69, 9.17) is 0 Å². The Bertz CT molecular complexity index is 654. The van der Waals surface area contributed by atoms with Gasteiger partial charge in [0.05, 0.1) is 11.9 Å². The molecule has 1 aliphatic rings. The predicted molar refractivity (Wildman–Crippen MR) is 97.5 cm³/mol. The third-order valence-corrected chi connectivity index (χ3v) is 5.22. The Balaban J connectivity index is 1.38. The number of thiophene rings is 1. The topological polar surface area (TPSA) is 62.2 Å². The highest BCUT2D eigenvalue weighted by molar-refractivity contribution is 7.09. The first-order valence-corrected chi connectivity index (χ1v) is 9.28. The van der Waals surface area contributed by atoms with Crippen molar-refractivity contribution in [2.45, 2.75) is 25.8 Å². The van der Waals surface area contributed by atoms with Crippen LogP contribution in [-0.2, 0) is 13.5 Å². The smallest absolute Gasteiger partial charge is 0.315 e. The molecule has 2 N–H and O–H groups in total. The summed E-state index contributed by atoms with van der Waals surface area (Å²) in [5.41, 5.74) is 1.12. The summed E-state index contributed by atoms with van der Waals surface area (Å²) in [5, 5.41) is 12.4. The van der Waals surface area contributed by atoms with E-state index in [9.17, 15) is 4.79 Å². The summed E-state index contributed by atoms with van der Waals surface area (Å²) >= 11 is 1.77. The molecule has 2 amide bonds. The number of rotatable bonds is 6. The Morgan fingerprint density at radius 1 is 1.54 bits per heavy atom. The zero-order chi connectivity index (χ0) is 16.9. The third kappa shape index (κ3) is 4.50. The monoisotopic (exact) mass is 347 g/mol. The van der Waals surface area contributed by atoms with Crippen molar-refractivity contribution in [1.82, 2.24) is 20.4 Å². The second-order valence-electron chi connectivity index (χ2n) is 6.55. The van der Waals surface area contributed by atoms with E-state index < -0.39 is 0 Å². The minimum atomic E-state index is -0.0638. The van der Waals surface area contributed by atoms with E-state index in [2.05, 4.69) is 45.1 Å². The van der Waals surface area contributed by atoms with Crippen LogP contribution in [0.5, 0.6) is 0 Å². The van der Waals surface area contributed by atoms with Crippen molar-refractivity contribution in [2.24, 2.45) is 13.0 Å². The first kappa shape index (κ1) is 16.8. The van der Waals surface area contributed by atoms with Crippen LogP contribution in [-0.4, -0.2) is 41.5 Å². The van der Waals surface area contributed by atoms with Crippen molar-refractivity contribution in [1.29, 1.82) is 0 Å². The van der Waals surface area contributed by atoms with Gasteiger partial charge in [0.1, 0.15) is 0 Å². The number of hydrogen-bond donors (Lipinski definition) is 2. The van der Waals surface area contributed by atoms with Crippen LogP contribution in [0.15, 0.2) is 29.9 Å². The summed E-state index contributed by atoms with van der Waals surface area (Å²) < 4.78 is 1.80. The summed E-state index contributed by atoms with van der Waals surface area (Å²) in [6, 6.07) is 4.34. The molecular weight excluding hydrogens is 322 g/mol. The van der Waals surface area contributed by atoms with Crippen LogP contribution in [0.1, 0.15) is 18.2 Å². The van der Waals surface area contributed by atoms with Crippen molar-refractivity contribution in [2.75, 3.05) is 24.5 Å². The standard InChI is InChI=1S/C17H25N5OS/c1-13(8-16-4-3-7-24-16)9-18-17(23)20-14-5-6-22(11-14)15-10-19-21(2)12-15/h3-4,7,10,12-14H,5-6,8-9,11H2,1-2H3,(H2,18,20,23). The van der Waals surface area contributed by atoms with Gasteiger partial charge in [-0.3, -0.25) is 4.68 Å². The number of nitrogens with zero attached hydrogens (tertiary/aromatic N) is 3. The van der Waals surface area contributed by atoms with Crippen LogP contribution in [0.25, 0.3) is 0 Å². The molecule has 3 rings (SSSR count). The second-order valence-corrected chi connectivity index (χ2v) is 7.58. The highest BCUT2D eigenvalue weighted by Crippen LogP contribution is 2.19. The maximum Gasteiger partial charge on any atom is 0.315 e. The summed E-state index contributed by atoms with van der Waals surface area (Å²) in [7, 11) is 1.92. The molecule has 6 nitrogen and oxygen atoms in total. The molecule has 2 aromatic heterocycles. The van der Waals surface area contributed by atoms with Gasteiger partial charge in [0.25, 0.3) is 0 Å². The molecule has 1 fully saturated rings. The minimum Gasteiger partial charge on any atom is -0.367 e. The normalized spacial score (nSPS) is 18.6. The number of aryl methyl sites for hydroxylation is 1. The van der Waals surface area contributed by atoms with Crippen LogP contribution < -0.4 is 15.5 Å². The van der Waals surface area contributed by atoms with Gasteiger partial charge < -0.3 is 15.5 Å². The number of nitrogens with one attached hydrogen (secondary N) is 2. The van der Waals surface area contributed by atoms with Gasteiger partial charge >= 0.3 is 6.03 Å². The van der Waals surface area contributed by atoms with Crippen LogP contribution in [0.2, 0.25) is 0 Å². The van der Waals surface area contributed by atoms with Gasteiger partial charge in [-0.2, -0.15) is 5.10 Å². The number of urea groups is 1. The minimum absolute atomic E-state index is 0.0638. The molecule has 2 atom stereocenters. The number of anilines is 1. The highest BCUT2D eigenvalue weighted by Gasteiger charge is 2.24. The number of carbonyl (C=O) groups is 1. The molecular formula is C17H25N5OS. The molecule has 7 heteroatoms. The van der Waals surface area contributed by atoms with E-state index in [0.29, 0.717) is 12.5 Å². The zero-order valence-electron chi connectivity index (χ0n) is 14.2. The fraction of sp³-hybridized carbons (Fsp3) is 0.529. The predicted octanol–water partition coefficient (Wildman–Crippen LogP) is 2.24. The van der Waals surface area contributed by atoms with Gasteiger partial charge in [-0.15, -0.1) is 11.3 Å². The fourth-order valence-electron chi connectivity index (χ4n) is 3.03. The van der Waals surface area contributed by atoms with E-state index >= 15 is 0 Å². The summed E-state index contributed by atoms with van der Waals surface area (Å²) in [6.45, 7) is 4.65. The van der Waals surface area contributed by atoms with Crippen LogP contribution in [0.4, 0.5) is 10.5 Å². The second kappa shape index (κ2) is 7.70. The molecule has 0 aliphatic carbocycles. The van der Waals surface area contributed by atoms with Gasteiger partial charge in [0.2, 0.25) is 0 Å². The van der Waals surface area contributed by atoms with E-state index in [1.807, 2.05) is 19.4 Å². The lowest BCUT2D eigenvalue weighted by Gasteiger charge is -2.18. The van der Waals surface area contributed by atoms with Crippen LogP contribution in [0, 0.1) is 5.92 Å². The Morgan fingerprint density at radius 2 is 2.42 bits per heavy atom. The van der Waals surface area contributed by atoms with E-state index in [1.165, 1.54) is 4.88 Å². The van der Waals surface area contributed by atoms with Gasteiger partial charge in [-0.1, -0.05) is 13.0 Å². The number of hydrogen-bond acceptors (Lipinski definition) is 4. The number of carbonyl (C=O) groups excluding carboxylic acids is 1. The highest BCUT2D eigenvalue weighted by atomic mass is 32.1. The molecule has 0 spiro atoms. The van der Waals surface area contributed by atoms with Crippen molar-refractivity contribution in [3.63, 3.8) is 0 Å². The van der Waals surface area contributed by atoms with Crippen molar-refractivity contribution in [3.8, 4) is 0 Å². The van der Waals surface area contributed by atoms with Crippen molar-refractivity contribution >= 4 is 23.1 Å². The third-order valence-electron chi connectivity index (χ3n) is 4.32. The lowest BCUT2D eigenvalue weighted by molar-refractivity contribution is 0.236. The van der Waals surface area contributed by atoms with Gasteiger partial charge in [-0.25, -0.2) is 4.79 Å². The lowest BCUT2D eigenvalue weighted by atomic mass is 10.1. The molecule has 0 saturated carbocycles. The summed E-state index contributed by atoms with van der Waals surface area (Å²) in [4.78, 5) is 15.7. The first-order valence-electron chi connectivity index (χ1n) is 8.40. The van der Waals surface area contributed by atoms with E-state index in [1.54, 1.807) is 16.0 Å².